The number of benzene rings is 2. The molecule has 0 aromatic heterocycles. The molecule has 0 aliphatic carbocycles. The van der Waals surface area contributed by atoms with Gasteiger partial charge >= 0.3 is 0 Å². The summed E-state index contributed by atoms with van der Waals surface area (Å²) in [5, 5.41) is 2.67. The Hall–Kier alpha value is -2.00. The predicted molar refractivity (Wildman–Crippen MR) is 100 cm³/mol. The summed E-state index contributed by atoms with van der Waals surface area (Å²) in [7, 11) is -1.13. The van der Waals surface area contributed by atoms with Crippen LogP contribution in [-0.2, 0) is 19.7 Å². The van der Waals surface area contributed by atoms with Crippen LogP contribution in [0.15, 0.2) is 64.0 Å². The molecule has 0 fully saturated rings. The molecule has 1 amide bonds. The number of sulfonamides is 1. The van der Waals surface area contributed by atoms with Crippen molar-refractivity contribution in [1.82, 2.24) is 4.47 Å². The molecule has 0 radical (unpaired) electrons. The second kappa shape index (κ2) is 8.39. The van der Waals surface area contributed by atoms with E-state index in [-0.39, 0.29) is 10.8 Å². The standard InChI is InChI=1S/C17H17BrN2O4S/c1-20(24-2)25(22,23)16-9-7-15(8-10-16)19-17(21)11-6-13-4-3-5-14(18)12-13/h3-12H,1-2H3,(H,19,21)/b11-6+. The molecular formula is C17H17BrN2O4S. The molecule has 1 N–H and O–H groups in total. The zero-order valence-electron chi connectivity index (χ0n) is 13.6. The second-order valence-corrected chi connectivity index (χ2v) is 7.85. The highest BCUT2D eigenvalue weighted by Crippen LogP contribution is 2.18. The molecule has 2 aromatic carbocycles. The van der Waals surface area contributed by atoms with Crippen LogP contribution in [0.2, 0.25) is 0 Å². The number of nitrogens with zero attached hydrogens (tertiary/aromatic N) is 1. The summed E-state index contributed by atoms with van der Waals surface area (Å²) in [5.74, 6) is -0.315. The Morgan fingerprint density at radius 2 is 1.88 bits per heavy atom. The summed E-state index contributed by atoms with van der Waals surface area (Å²) in [6.07, 6.45) is 3.09. The van der Waals surface area contributed by atoms with Crippen molar-refractivity contribution in [3.63, 3.8) is 0 Å². The van der Waals surface area contributed by atoms with Crippen molar-refractivity contribution in [2.24, 2.45) is 0 Å². The van der Waals surface area contributed by atoms with Gasteiger partial charge in [0.25, 0.3) is 10.0 Å². The predicted octanol–water partition coefficient (Wildman–Crippen LogP) is 3.28. The zero-order valence-corrected chi connectivity index (χ0v) is 16.0. The van der Waals surface area contributed by atoms with E-state index in [1.165, 1.54) is 44.5 Å². The van der Waals surface area contributed by atoms with Gasteiger partial charge in [-0.05, 0) is 48.0 Å². The van der Waals surface area contributed by atoms with Crippen molar-refractivity contribution >= 4 is 43.6 Å². The number of nitrogens with one attached hydrogen (secondary N) is 1. The van der Waals surface area contributed by atoms with Gasteiger partial charge in [0.1, 0.15) is 0 Å². The Balaban J connectivity index is 2.05. The summed E-state index contributed by atoms with van der Waals surface area (Å²) < 4.78 is 25.9. The lowest BCUT2D eigenvalue weighted by molar-refractivity contribution is -0.111. The number of carbonyl (C=O) groups is 1. The van der Waals surface area contributed by atoms with Gasteiger partial charge in [0.05, 0.1) is 12.0 Å². The number of hydrogen-bond donors (Lipinski definition) is 1. The first kappa shape index (κ1) is 19.3. The summed E-state index contributed by atoms with van der Waals surface area (Å²) in [6, 6.07) is 13.4. The molecule has 8 heteroatoms. The van der Waals surface area contributed by atoms with Crippen molar-refractivity contribution in [3.8, 4) is 0 Å². The minimum Gasteiger partial charge on any atom is -0.323 e. The molecule has 0 saturated carbocycles. The summed E-state index contributed by atoms with van der Waals surface area (Å²) in [5.41, 5.74) is 1.37. The van der Waals surface area contributed by atoms with Gasteiger partial charge in [0, 0.05) is 23.3 Å². The SMILES string of the molecule is CON(C)S(=O)(=O)c1ccc(NC(=O)/C=C/c2cccc(Br)c2)cc1. The molecule has 2 rings (SSSR count). The Labute approximate surface area is 155 Å². The maximum Gasteiger partial charge on any atom is 0.264 e. The fourth-order valence-corrected chi connectivity index (χ4v) is 3.31. The molecule has 0 aliphatic heterocycles. The Kier molecular flexibility index (Phi) is 6.49. The Morgan fingerprint density at radius 1 is 1.20 bits per heavy atom. The molecule has 25 heavy (non-hydrogen) atoms. The van der Waals surface area contributed by atoms with E-state index < -0.39 is 10.0 Å². The highest BCUT2D eigenvalue weighted by Gasteiger charge is 2.20. The summed E-state index contributed by atoms with van der Waals surface area (Å²) in [4.78, 5) is 16.7. The smallest absolute Gasteiger partial charge is 0.264 e. The molecule has 0 heterocycles. The normalized spacial score (nSPS) is 11.8. The van der Waals surface area contributed by atoms with Crippen molar-refractivity contribution in [1.29, 1.82) is 0 Å². The number of carbonyl (C=O) groups excluding carboxylic acids is 1. The number of hydroxylamine groups is 1. The molecular weight excluding hydrogens is 408 g/mol. The Bertz CT molecular complexity index is 880. The number of rotatable bonds is 6. The summed E-state index contributed by atoms with van der Waals surface area (Å²) >= 11 is 3.37. The van der Waals surface area contributed by atoms with Crippen molar-refractivity contribution in [2.75, 3.05) is 19.5 Å². The third kappa shape index (κ3) is 5.23. The largest absolute Gasteiger partial charge is 0.323 e. The van der Waals surface area contributed by atoms with E-state index in [1.54, 1.807) is 6.08 Å². The van der Waals surface area contributed by atoms with Gasteiger partial charge in [0.2, 0.25) is 5.91 Å². The molecule has 0 atom stereocenters. The van der Waals surface area contributed by atoms with E-state index in [4.69, 9.17) is 4.84 Å². The van der Waals surface area contributed by atoms with Crippen LogP contribution in [0.1, 0.15) is 5.56 Å². The van der Waals surface area contributed by atoms with E-state index in [0.717, 1.165) is 14.5 Å². The average Bonchev–Trinajstić information content (AvgIpc) is 2.59. The van der Waals surface area contributed by atoms with Crippen LogP contribution < -0.4 is 5.32 Å². The van der Waals surface area contributed by atoms with Gasteiger partial charge in [0.15, 0.2) is 0 Å². The number of amides is 1. The van der Waals surface area contributed by atoms with E-state index >= 15 is 0 Å². The quantitative estimate of drug-likeness (QED) is 0.570. The van der Waals surface area contributed by atoms with Gasteiger partial charge in [-0.1, -0.05) is 32.5 Å². The maximum atomic E-state index is 12.1. The van der Waals surface area contributed by atoms with Gasteiger partial charge < -0.3 is 5.32 Å². The maximum absolute atomic E-state index is 12.1. The molecule has 132 valence electrons. The lowest BCUT2D eigenvalue weighted by Crippen LogP contribution is -2.25. The van der Waals surface area contributed by atoms with Crippen molar-refractivity contribution < 1.29 is 18.0 Å². The van der Waals surface area contributed by atoms with E-state index in [0.29, 0.717) is 5.69 Å². The minimum absolute atomic E-state index is 0.0690. The first-order valence-electron chi connectivity index (χ1n) is 7.20. The Morgan fingerprint density at radius 3 is 2.48 bits per heavy atom. The lowest BCUT2D eigenvalue weighted by atomic mass is 10.2. The number of halogens is 1. The third-order valence-electron chi connectivity index (χ3n) is 3.29. The monoisotopic (exact) mass is 424 g/mol. The average molecular weight is 425 g/mol. The molecule has 6 nitrogen and oxygen atoms in total. The second-order valence-electron chi connectivity index (χ2n) is 5.00. The molecule has 0 unspecified atom stereocenters. The van der Waals surface area contributed by atoms with Gasteiger partial charge in [-0.2, -0.15) is 0 Å². The first-order valence-corrected chi connectivity index (χ1v) is 9.44. The van der Waals surface area contributed by atoms with E-state index in [1.807, 2.05) is 24.3 Å². The molecule has 0 spiro atoms. The summed E-state index contributed by atoms with van der Waals surface area (Å²) in [6.45, 7) is 0. The van der Waals surface area contributed by atoms with Gasteiger partial charge in [-0.3, -0.25) is 9.63 Å². The topological polar surface area (TPSA) is 75.7 Å². The fourth-order valence-electron chi connectivity index (χ4n) is 1.92. The number of anilines is 1. The molecule has 0 saturated heterocycles. The van der Waals surface area contributed by atoms with Crippen LogP contribution in [-0.4, -0.2) is 33.0 Å². The van der Waals surface area contributed by atoms with Crippen LogP contribution in [0.3, 0.4) is 0 Å². The lowest BCUT2D eigenvalue weighted by Gasteiger charge is -2.14. The first-order chi connectivity index (χ1) is 11.8. The van der Waals surface area contributed by atoms with Crippen LogP contribution in [0.25, 0.3) is 6.08 Å². The van der Waals surface area contributed by atoms with E-state index in [2.05, 4.69) is 21.2 Å². The highest BCUT2D eigenvalue weighted by atomic mass is 79.9. The van der Waals surface area contributed by atoms with Crippen LogP contribution in [0.4, 0.5) is 5.69 Å². The van der Waals surface area contributed by atoms with Crippen molar-refractivity contribution in [2.45, 2.75) is 4.90 Å². The van der Waals surface area contributed by atoms with Crippen LogP contribution in [0.5, 0.6) is 0 Å². The third-order valence-corrected chi connectivity index (χ3v) is 5.48. The van der Waals surface area contributed by atoms with Gasteiger partial charge in [-0.25, -0.2) is 8.42 Å². The highest BCUT2D eigenvalue weighted by molar-refractivity contribution is 9.10. The number of hydrogen-bond acceptors (Lipinski definition) is 4. The van der Waals surface area contributed by atoms with Crippen LogP contribution >= 0.6 is 15.9 Å². The van der Waals surface area contributed by atoms with Gasteiger partial charge in [-0.15, -0.1) is 0 Å². The zero-order chi connectivity index (χ0) is 18.4. The van der Waals surface area contributed by atoms with E-state index in [9.17, 15) is 13.2 Å². The van der Waals surface area contributed by atoms with Crippen LogP contribution in [0, 0.1) is 0 Å². The fraction of sp³-hybridized carbons (Fsp3) is 0.118. The minimum atomic E-state index is -3.70. The molecule has 0 aliphatic rings. The molecule has 0 bridgehead atoms. The van der Waals surface area contributed by atoms with Crippen molar-refractivity contribution in [3.05, 3.63) is 64.6 Å². The molecule has 2 aromatic rings.